The van der Waals surface area contributed by atoms with Crippen LogP contribution in [0.4, 0.5) is 5.69 Å². The summed E-state index contributed by atoms with van der Waals surface area (Å²) in [5.41, 5.74) is 4.40. The molecule has 6 heterocycles. The fraction of sp³-hybridized carbons (Fsp3) is 0.565. The van der Waals surface area contributed by atoms with Crippen LogP contribution in [0.3, 0.4) is 0 Å². The average Bonchev–Trinajstić information content (AvgIpc) is 3.37. The Morgan fingerprint density at radius 1 is 1.16 bits per heavy atom. The van der Waals surface area contributed by atoms with E-state index in [1.54, 1.807) is 7.11 Å². The lowest BCUT2D eigenvalue weighted by Gasteiger charge is -2.31. The number of hydrogen-bond acceptors (Lipinski definition) is 6. The summed E-state index contributed by atoms with van der Waals surface area (Å²) in [4.78, 5) is 20.3. The molecular weight excluding hydrogens is 394 g/mol. The number of fused-ring (bicyclic) bond motifs is 7. The highest BCUT2D eigenvalue weighted by Gasteiger charge is 2.35. The Hall–Kier alpha value is -2.58. The maximum atomic E-state index is 13.4. The highest BCUT2D eigenvalue weighted by molar-refractivity contribution is 5.96. The SMILES string of the molecule is CO[C@@H]1CCN(c2ccc3c(c2)OCc2c-3n[nH]c2C(=O)N2CCN3CCC2CC3)C1. The smallest absolute Gasteiger partial charge is 0.272 e. The first-order valence-electron chi connectivity index (χ1n) is 11.4. The standard InChI is InChI=1S/C23H29N5O3/c1-30-17-6-9-27(13-17)16-2-3-18-20(12-16)31-14-19-21(18)24-25-22(19)23(29)28-11-10-26-7-4-15(28)5-8-26/h2-3,12,15,17H,4-11,13-14H2,1H3,(H,24,25)/t17-/m1/s1. The number of aromatic nitrogens is 2. The maximum Gasteiger partial charge on any atom is 0.272 e. The number of benzene rings is 1. The molecule has 1 aromatic carbocycles. The van der Waals surface area contributed by atoms with E-state index in [0.717, 1.165) is 86.8 Å². The van der Waals surface area contributed by atoms with Gasteiger partial charge in [-0.05, 0) is 31.4 Å². The van der Waals surface area contributed by atoms with Crippen LogP contribution in [-0.2, 0) is 11.3 Å². The van der Waals surface area contributed by atoms with Gasteiger partial charge in [0.1, 0.15) is 23.7 Å². The molecule has 1 aromatic heterocycles. The molecule has 2 aromatic rings. The van der Waals surface area contributed by atoms with Crippen LogP contribution in [0.15, 0.2) is 18.2 Å². The topological polar surface area (TPSA) is 73.9 Å². The first kappa shape index (κ1) is 19.1. The van der Waals surface area contributed by atoms with Crippen molar-refractivity contribution in [3.8, 4) is 17.0 Å². The second kappa shape index (κ2) is 7.53. The fourth-order valence-corrected chi connectivity index (χ4v) is 5.53. The second-order valence-electron chi connectivity index (χ2n) is 9.06. The van der Waals surface area contributed by atoms with Gasteiger partial charge < -0.3 is 24.2 Å². The lowest BCUT2D eigenvalue weighted by atomic mass is 10.0. The van der Waals surface area contributed by atoms with Gasteiger partial charge in [0.15, 0.2) is 0 Å². The highest BCUT2D eigenvalue weighted by atomic mass is 16.5. The fourth-order valence-electron chi connectivity index (χ4n) is 5.53. The van der Waals surface area contributed by atoms with Crippen molar-refractivity contribution in [1.29, 1.82) is 0 Å². The molecule has 7 rings (SSSR count). The summed E-state index contributed by atoms with van der Waals surface area (Å²) in [6.07, 6.45) is 3.45. The lowest BCUT2D eigenvalue weighted by molar-refractivity contribution is 0.0676. The highest BCUT2D eigenvalue weighted by Crippen LogP contribution is 2.40. The van der Waals surface area contributed by atoms with Crippen molar-refractivity contribution in [3.63, 3.8) is 0 Å². The normalized spacial score (nSPS) is 26.9. The lowest BCUT2D eigenvalue weighted by Crippen LogP contribution is -2.42. The Morgan fingerprint density at radius 3 is 2.84 bits per heavy atom. The predicted octanol–water partition coefficient (Wildman–Crippen LogP) is 2.11. The third-order valence-electron chi connectivity index (χ3n) is 7.43. The molecular formula is C23H29N5O3. The van der Waals surface area contributed by atoms with Crippen molar-refractivity contribution in [1.82, 2.24) is 20.0 Å². The van der Waals surface area contributed by atoms with Gasteiger partial charge in [-0.25, -0.2) is 0 Å². The number of anilines is 1. The number of hydrogen-bond donors (Lipinski definition) is 1. The van der Waals surface area contributed by atoms with E-state index >= 15 is 0 Å². The average molecular weight is 424 g/mol. The summed E-state index contributed by atoms with van der Waals surface area (Å²) in [5, 5.41) is 7.61. The van der Waals surface area contributed by atoms with Gasteiger partial charge in [0.2, 0.25) is 0 Å². The molecule has 1 amide bonds. The van der Waals surface area contributed by atoms with Crippen LogP contribution in [0.2, 0.25) is 0 Å². The summed E-state index contributed by atoms with van der Waals surface area (Å²) in [7, 11) is 1.77. The number of aromatic amines is 1. The molecule has 5 aliphatic heterocycles. The Labute approximate surface area is 182 Å². The molecule has 8 nitrogen and oxygen atoms in total. The molecule has 5 aliphatic rings. The Kier molecular flexibility index (Phi) is 4.65. The number of piperidine rings is 1. The molecule has 2 bridgehead atoms. The van der Waals surface area contributed by atoms with Crippen LogP contribution in [0.1, 0.15) is 35.3 Å². The van der Waals surface area contributed by atoms with E-state index in [-0.39, 0.29) is 12.0 Å². The summed E-state index contributed by atoms with van der Waals surface area (Å²) in [5.74, 6) is 0.895. The summed E-state index contributed by atoms with van der Waals surface area (Å²) >= 11 is 0. The number of methoxy groups -OCH3 is 1. The van der Waals surface area contributed by atoms with Crippen LogP contribution >= 0.6 is 0 Å². The van der Waals surface area contributed by atoms with Crippen molar-refractivity contribution < 1.29 is 14.3 Å². The molecule has 1 atom stereocenters. The number of ether oxygens (including phenoxy) is 2. The van der Waals surface area contributed by atoms with Gasteiger partial charge in [-0.2, -0.15) is 5.10 Å². The maximum absolute atomic E-state index is 13.4. The number of carbonyl (C=O) groups is 1. The predicted molar refractivity (Wildman–Crippen MR) is 116 cm³/mol. The minimum absolute atomic E-state index is 0.0637. The van der Waals surface area contributed by atoms with Gasteiger partial charge in [-0.3, -0.25) is 9.89 Å². The quantitative estimate of drug-likeness (QED) is 0.815. The van der Waals surface area contributed by atoms with Crippen LogP contribution in [0.5, 0.6) is 5.75 Å². The van der Waals surface area contributed by atoms with Crippen molar-refractivity contribution in [2.75, 3.05) is 51.3 Å². The molecule has 1 N–H and O–H groups in total. The van der Waals surface area contributed by atoms with Crippen molar-refractivity contribution >= 4 is 11.6 Å². The Balaban J connectivity index is 1.27. The molecule has 164 valence electrons. The van der Waals surface area contributed by atoms with Crippen LogP contribution in [0, 0.1) is 0 Å². The molecule has 4 saturated heterocycles. The van der Waals surface area contributed by atoms with Gasteiger partial charge in [0.25, 0.3) is 5.91 Å². The number of rotatable bonds is 3. The van der Waals surface area contributed by atoms with Gasteiger partial charge in [0.05, 0.1) is 6.10 Å². The summed E-state index contributed by atoms with van der Waals surface area (Å²) < 4.78 is 11.6. The van der Waals surface area contributed by atoms with Gasteiger partial charge >= 0.3 is 0 Å². The van der Waals surface area contributed by atoms with Crippen molar-refractivity contribution in [2.45, 2.75) is 38.0 Å². The first-order chi connectivity index (χ1) is 15.2. The zero-order valence-electron chi connectivity index (χ0n) is 18.0. The number of nitrogens with one attached hydrogen (secondary N) is 1. The van der Waals surface area contributed by atoms with E-state index in [4.69, 9.17) is 9.47 Å². The van der Waals surface area contributed by atoms with Gasteiger partial charge in [-0.15, -0.1) is 0 Å². The molecule has 0 spiro atoms. The van der Waals surface area contributed by atoms with E-state index < -0.39 is 0 Å². The Bertz CT molecular complexity index is 997. The van der Waals surface area contributed by atoms with E-state index in [0.29, 0.717) is 18.3 Å². The van der Waals surface area contributed by atoms with Crippen LogP contribution in [-0.4, -0.2) is 84.4 Å². The van der Waals surface area contributed by atoms with Crippen molar-refractivity contribution in [2.24, 2.45) is 0 Å². The number of nitrogens with zero attached hydrogens (tertiary/aromatic N) is 4. The van der Waals surface area contributed by atoms with Crippen LogP contribution in [0.25, 0.3) is 11.3 Å². The largest absolute Gasteiger partial charge is 0.488 e. The van der Waals surface area contributed by atoms with Gasteiger partial charge in [-0.1, -0.05) is 0 Å². The number of H-pyrrole nitrogens is 1. The molecule has 4 fully saturated rings. The third kappa shape index (κ3) is 3.20. The molecule has 31 heavy (non-hydrogen) atoms. The third-order valence-corrected chi connectivity index (χ3v) is 7.43. The van der Waals surface area contributed by atoms with E-state index in [1.807, 2.05) is 0 Å². The zero-order chi connectivity index (χ0) is 20.9. The van der Waals surface area contributed by atoms with Crippen molar-refractivity contribution in [3.05, 3.63) is 29.5 Å². The Morgan fingerprint density at radius 2 is 2.03 bits per heavy atom. The molecule has 0 unspecified atom stereocenters. The second-order valence-corrected chi connectivity index (χ2v) is 9.06. The van der Waals surface area contributed by atoms with E-state index in [9.17, 15) is 4.79 Å². The van der Waals surface area contributed by atoms with Gasteiger partial charge in [0, 0.05) is 75.3 Å². The molecule has 0 saturated carbocycles. The van der Waals surface area contributed by atoms with E-state index in [2.05, 4.69) is 43.1 Å². The van der Waals surface area contributed by atoms with Crippen LogP contribution < -0.4 is 9.64 Å². The molecule has 8 heteroatoms. The monoisotopic (exact) mass is 423 g/mol. The van der Waals surface area contributed by atoms with E-state index in [1.165, 1.54) is 0 Å². The minimum atomic E-state index is 0.0637. The summed E-state index contributed by atoms with van der Waals surface area (Å²) in [6, 6.07) is 6.61. The number of amides is 1. The molecule has 0 aliphatic carbocycles. The first-order valence-corrected chi connectivity index (χ1v) is 11.4. The zero-order valence-corrected chi connectivity index (χ0v) is 18.0. The summed E-state index contributed by atoms with van der Waals surface area (Å²) in [6.45, 7) is 6.19. The minimum Gasteiger partial charge on any atom is -0.488 e. The number of carbonyl (C=O) groups excluding carboxylic acids is 1. The molecule has 0 radical (unpaired) electrons.